The Hall–Kier alpha value is -5.63. The van der Waals surface area contributed by atoms with E-state index >= 15 is 0 Å². The Morgan fingerprint density at radius 2 is 0.820 bits per heavy atom. The van der Waals surface area contributed by atoms with Crippen molar-refractivity contribution >= 4 is 66.7 Å². The Kier molecular flexibility index (Phi) is 52.9. The van der Waals surface area contributed by atoms with Crippen LogP contribution in [0.4, 0.5) is 0 Å². The molecule has 43 nitrogen and oxygen atoms in total. The highest BCUT2D eigenvalue weighted by Crippen LogP contribution is 2.42. The molecule has 0 aromatic rings. The summed E-state index contributed by atoms with van der Waals surface area (Å²) in [6.07, 6.45) is -16.7. The van der Waals surface area contributed by atoms with E-state index in [1.54, 1.807) is 13.8 Å². The molecule has 21 N–H and O–H groups in total. The molecule has 0 radical (unpaired) electrons. The van der Waals surface area contributed by atoms with Crippen LogP contribution in [0.25, 0.3) is 0 Å². The number of Topliss-reactive ketones (excluding diaryl/α,β-unsaturated/α-hetero) is 2. The largest absolute Gasteiger partial charge is 0.471 e. The van der Waals surface area contributed by atoms with Gasteiger partial charge in [0, 0.05) is 117 Å². The quantitative estimate of drug-likeness (QED) is 0.0157. The lowest BCUT2D eigenvalue weighted by Crippen LogP contribution is -2.64. The number of esters is 1. The van der Waals surface area contributed by atoms with Crippen LogP contribution >= 0.6 is 7.82 Å². The number of carbonyl (C=O) groups is 10. The highest BCUT2D eigenvalue weighted by Gasteiger charge is 2.48. The van der Waals surface area contributed by atoms with Gasteiger partial charge in [-0.25, -0.2) is 4.57 Å². The third-order valence-corrected chi connectivity index (χ3v) is 22.3. The van der Waals surface area contributed by atoms with Crippen LogP contribution < -0.4 is 37.2 Å². The topological polar surface area (TPSA) is 657 Å². The summed E-state index contributed by atoms with van der Waals surface area (Å²) in [4.78, 5) is 142. The van der Waals surface area contributed by atoms with Crippen molar-refractivity contribution in [2.24, 2.45) is 11.8 Å². The molecular weight excluding hydrogens is 1640 g/mol. The number of amides is 7. The average Bonchev–Trinajstić information content (AvgIpc) is 0.822. The lowest BCUT2D eigenvalue weighted by Gasteiger charge is -2.42. The standard InChI is InChI=1S/C78H138N7O36P/c1-45-64(98)66(100)55(40-87)118-75(45)112-35-21-15-31-61(96)83-52(26-8-6-7-23-50(92)24-13-19-37-114-77-63(81-47(3)90)70(104)68(102)57(42-89)120-77)73(107)80-34-18-11-25-51(54(93)28-9-10-30-60(95)82-49(39-86)43-117-122(109,110)111-5)85-74(108)53(84-62(97)32-16-22-36-113-76-46(2)65(99)67(101)56(41-88)119-76)27-12-17-33-79-59(94)29-14-20-38-115-78-72(106)71(105)69(103)58(121-78)44-116-48(4)91/h45-46,49,51-53,55-58,63-72,75-78,86-89,98-106H,6-44H2,1-5H3,(H,79,94)(H,80,107)(H,81,90)(H,82,95)(H,83,96)(H,84,97)(H,85,108)(H,109,110)/t45-,46-,49-,51+,52+,53+,55-,56-,57-,58-,63-,64-,65-,66+,67+,68+,69+,70-,71+,72-,75-,76-,77-,78-/m1/s1. The van der Waals surface area contributed by atoms with Gasteiger partial charge in [0.15, 0.2) is 30.9 Å². The molecule has 4 saturated heterocycles. The maximum atomic E-state index is 14.6. The zero-order chi connectivity index (χ0) is 90.4. The van der Waals surface area contributed by atoms with Crippen LogP contribution in [0, 0.1) is 11.8 Å². The van der Waals surface area contributed by atoms with Gasteiger partial charge >= 0.3 is 13.8 Å². The summed E-state index contributed by atoms with van der Waals surface area (Å²) in [5.74, 6) is -6.24. The van der Waals surface area contributed by atoms with Crippen molar-refractivity contribution in [1.29, 1.82) is 0 Å². The maximum absolute atomic E-state index is 14.6. The third-order valence-electron chi connectivity index (χ3n) is 21.4. The first-order valence-corrected chi connectivity index (χ1v) is 43.9. The number of aliphatic hydroxyl groups is 13. The summed E-state index contributed by atoms with van der Waals surface area (Å²) >= 11 is 0. The average molecular weight is 1780 g/mol. The molecule has 1 unspecified atom stereocenters. The van der Waals surface area contributed by atoms with E-state index < -0.39 is 241 Å². The molecular formula is C78H138N7O36P. The molecule has 4 heterocycles. The number of unbranched alkanes of at least 4 members (excludes halogenated alkanes) is 9. The molecule has 4 rings (SSSR count). The van der Waals surface area contributed by atoms with Crippen molar-refractivity contribution in [2.45, 2.75) is 336 Å². The number of rotatable bonds is 63. The molecule has 0 aliphatic carbocycles. The first-order valence-electron chi connectivity index (χ1n) is 42.5. The normalized spacial score (nSPS) is 28.1. The summed E-state index contributed by atoms with van der Waals surface area (Å²) in [5.41, 5.74) is 0. The van der Waals surface area contributed by atoms with E-state index in [0.717, 1.165) is 14.0 Å². The molecule has 0 aromatic carbocycles. The SMILES string of the molecule is COP(=O)(O)OC[C@@H](CO)NC(=O)CCCCC(=O)[C@H](CCCCNC(=O)[C@H](CCCCCC(=O)CCCCO[C@@H]1O[C@H](CO)[C@H](O)[C@H](O)[C@H]1NC(C)=O)NC(=O)CCCCO[C@@H]1O[C@H](CO)[C@H](O)[C@H](O)[C@H]1C)NC(=O)[C@H](CCCCNC(=O)CCCCO[C@@H]1O[C@H](COC(C)=O)[C@H](O)[C@H](O)[C@H]1O)NC(=O)CCCCO[C@@H]1O[C@H](CO)[C@H](O)[C@H](O)[C@H]1C. The fraction of sp³-hybridized carbons (Fsp3) is 0.872. The van der Waals surface area contributed by atoms with Gasteiger partial charge in [-0.15, -0.1) is 0 Å². The van der Waals surface area contributed by atoms with E-state index in [9.17, 15) is 124 Å². The Balaban J connectivity index is 1.44. The maximum Gasteiger partial charge on any atom is 0.471 e. The predicted octanol–water partition coefficient (Wildman–Crippen LogP) is -3.88. The number of phosphoric ester groups is 1. The number of hydrogen-bond acceptors (Lipinski definition) is 35. The molecule has 25 atom stereocenters. The monoisotopic (exact) mass is 1780 g/mol. The summed E-state index contributed by atoms with van der Waals surface area (Å²) in [5, 5.41) is 151. The summed E-state index contributed by atoms with van der Waals surface area (Å²) in [6, 6.07) is -5.72. The predicted molar refractivity (Wildman–Crippen MR) is 425 cm³/mol. The van der Waals surface area contributed by atoms with Gasteiger partial charge in [0.2, 0.25) is 41.4 Å². The molecule has 7 amide bonds. The lowest BCUT2D eigenvalue weighted by atomic mass is 9.92. The number of hydrogen-bond donors (Lipinski definition) is 21. The Morgan fingerprint density at radius 3 is 1.32 bits per heavy atom. The van der Waals surface area contributed by atoms with E-state index in [2.05, 4.69) is 41.7 Å². The smallest absolute Gasteiger partial charge is 0.463 e. The van der Waals surface area contributed by atoms with Crippen molar-refractivity contribution in [1.82, 2.24) is 37.2 Å². The number of phosphoric acid groups is 1. The van der Waals surface area contributed by atoms with Gasteiger partial charge in [-0.05, 0) is 116 Å². The minimum atomic E-state index is -4.45. The molecule has 4 aliphatic rings. The minimum Gasteiger partial charge on any atom is -0.463 e. The van der Waals surface area contributed by atoms with Crippen molar-refractivity contribution in [3.63, 3.8) is 0 Å². The second kappa shape index (κ2) is 59.4. The second-order valence-electron chi connectivity index (χ2n) is 31.3. The summed E-state index contributed by atoms with van der Waals surface area (Å²) < 4.78 is 71.3. The van der Waals surface area contributed by atoms with Gasteiger partial charge in [-0.3, -0.25) is 57.0 Å². The van der Waals surface area contributed by atoms with E-state index in [4.69, 9.17) is 47.2 Å². The van der Waals surface area contributed by atoms with Crippen LogP contribution in [-0.4, -0.2) is 351 Å². The number of aliphatic hydroxyl groups excluding tert-OH is 13. The van der Waals surface area contributed by atoms with Gasteiger partial charge in [0.25, 0.3) is 0 Å². The molecule has 706 valence electrons. The molecule has 44 heteroatoms. The minimum absolute atomic E-state index is 0.000743. The number of ketones is 2. The van der Waals surface area contributed by atoms with Gasteiger partial charge in [-0.2, -0.15) is 0 Å². The van der Waals surface area contributed by atoms with Crippen LogP contribution in [0.15, 0.2) is 0 Å². The first-order chi connectivity index (χ1) is 58.1. The van der Waals surface area contributed by atoms with Crippen LogP contribution in [0.2, 0.25) is 0 Å². The third kappa shape index (κ3) is 40.1. The van der Waals surface area contributed by atoms with Crippen molar-refractivity contribution in [2.75, 3.05) is 86.3 Å². The van der Waals surface area contributed by atoms with E-state index in [1.165, 1.54) is 6.92 Å². The fourth-order valence-electron chi connectivity index (χ4n) is 13.9. The number of nitrogens with one attached hydrogen (secondary N) is 7. The fourth-order valence-corrected chi connectivity index (χ4v) is 14.3. The van der Waals surface area contributed by atoms with Crippen LogP contribution in [0.3, 0.4) is 0 Å². The van der Waals surface area contributed by atoms with Gasteiger partial charge in [0.1, 0.15) is 97.7 Å². The highest BCUT2D eigenvalue weighted by molar-refractivity contribution is 7.47. The zero-order valence-corrected chi connectivity index (χ0v) is 71.5. The summed E-state index contributed by atoms with van der Waals surface area (Å²) in [7, 11) is -3.52. The van der Waals surface area contributed by atoms with Gasteiger partial charge in [-0.1, -0.05) is 26.7 Å². The Labute approximate surface area is 710 Å². The van der Waals surface area contributed by atoms with Crippen molar-refractivity contribution in [3.8, 4) is 0 Å². The van der Waals surface area contributed by atoms with Crippen LogP contribution in [0.5, 0.6) is 0 Å². The van der Waals surface area contributed by atoms with E-state index in [1.807, 2.05) is 0 Å². The number of ether oxygens (including phenoxy) is 9. The summed E-state index contributed by atoms with van der Waals surface area (Å²) in [6.45, 7) is 2.49. The molecule has 0 bridgehead atoms. The van der Waals surface area contributed by atoms with Crippen molar-refractivity contribution < 1.29 is 175 Å². The second-order valence-corrected chi connectivity index (χ2v) is 32.9. The van der Waals surface area contributed by atoms with Crippen LogP contribution in [0.1, 0.15) is 201 Å². The molecule has 122 heavy (non-hydrogen) atoms. The van der Waals surface area contributed by atoms with E-state index in [0.29, 0.717) is 70.6 Å². The molecule has 4 fully saturated rings. The molecule has 0 aromatic heterocycles. The zero-order valence-electron chi connectivity index (χ0n) is 70.6. The van der Waals surface area contributed by atoms with Crippen LogP contribution in [-0.2, 0) is 104 Å². The first kappa shape index (κ1) is 109. The molecule has 0 spiro atoms. The lowest BCUT2D eigenvalue weighted by molar-refractivity contribution is -0.301. The Bertz CT molecular complexity index is 3140. The Morgan fingerprint density at radius 1 is 0.410 bits per heavy atom. The highest BCUT2D eigenvalue weighted by atomic mass is 31.2. The van der Waals surface area contributed by atoms with Crippen molar-refractivity contribution in [3.05, 3.63) is 0 Å². The number of carbonyl (C=O) groups excluding carboxylic acids is 10. The van der Waals surface area contributed by atoms with Gasteiger partial charge in [0.05, 0.1) is 57.3 Å². The van der Waals surface area contributed by atoms with E-state index in [-0.39, 0.29) is 154 Å². The molecule has 0 saturated carbocycles. The van der Waals surface area contributed by atoms with Gasteiger partial charge < -0.3 is 151 Å². The molecule has 4 aliphatic heterocycles.